The molecule has 0 spiro atoms. The second-order valence-electron chi connectivity index (χ2n) is 8.85. The summed E-state index contributed by atoms with van der Waals surface area (Å²) in [5, 5.41) is 6.56. The fourth-order valence-electron chi connectivity index (χ4n) is 2.81. The first kappa shape index (κ1) is 24.2. The molecule has 0 aliphatic carbocycles. The van der Waals surface area contributed by atoms with E-state index in [0.29, 0.717) is 34.4 Å². The number of hydrogen-bond acceptors (Lipinski definition) is 7. The number of amides is 1. The third-order valence-electron chi connectivity index (χ3n) is 4.32. The Balaban J connectivity index is 1.58. The number of nitrogens with zero attached hydrogens (tertiary/aromatic N) is 2. The summed E-state index contributed by atoms with van der Waals surface area (Å²) in [6.45, 7) is 9.72. The van der Waals surface area contributed by atoms with Crippen molar-refractivity contribution in [2.24, 2.45) is 0 Å². The molecule has 1 amide bonds. The average Bonchev–Trinajstić information content (AvgIpc) is 3.20. The van der Waals surface area contributed by atoms with Gasteiger partial charge in [0.05, 0.1) is 6.10 Å². The van der Waals surface area contributed by atoms with E-state index in [1.54, 1.807) is 48.5 Å². The highest BCUT2D eigenvalue weighted by Crippen LogP contribution is 2.24. The summed E-state index contributed by atoms with van der Waals surface area (Å²) < 4.78 is 37.9. The van der Waals surface area contributed by atoms with Gasteiger partial charge in [-0.15, -0.1) is 0 Å². The van der Waals surface area contributed by atoms with Crippen LogP contribution in [0, 0.1) is 0 Å². The molecule has 1 aromatic heterocycles. The van der Waals surface area contributed by atoms with Crippen molar-refractivity contribution in [1.29, 1.82) is 0 Å². The largest absolute Gasteiger partial charge is 0.491 e. The summed E-state index contributed by atoms with van der Waals surface area (Å²) in [5.41, 5.74) is 1.25. The number of benzene rings is 2. The van der Waals surface area contributed by atoms with Gasteiger partial charge < -0.3 is 14.6 Å². The Kier molecular flexibility index (Phi) is 7.06. The van der Waals surface area contributed by atoms with Crippen molar-refractivity contribution in [2.45, 2.75) is 46.1 Å². The quantitative estimate of drug-likeness (QED) is 0.503. The molecule has 0 saturated carbocycles. The van der Waals surface area contributed by atoms with E-state index < -0.39 is 21.7 Å². The van der Waals surface area contributed by atoms with Crippen LogP contribution in [0.25, 0.3) is 11.4 Å². The number of anilines is 2. The number of sulfonamides is 1. The predicted octanol–water partition coefficient (Wildman–Crippen LogP) is 4.20. The maximum Gasteiger partial charge on any atom is 0.241 e. The molecular formula is C23H28N4O5S. The number of ether oxygens (including phenoxy) is 1. The lowest BCUT2D eigenvalue weighted by molar-refractivity contribution is -0.113. The Morgan fingerprint density at radius 3 is 2.18 bits per heavy atom. The van der Waals surface area contributed by atoms with Gasteiger partial charge in [0.15, 0.2) is 0 Å². The van der Waals surface area contributed by atoms with Gasteiger partial charge in [-0.25, -0.2) is 8.42 Å². The lowest BCUT2D eigenvalue weighted by atomic mass is 9.97. The van der Waals surface area contributed by atoms with Crippen LogP contribution in [0.1, 0.15) is 40.5 Å². The second-order valence-corrected chi connectivity index (χ2v) is 10.6. The van der Waals surface area contributed by atoms with Gasteiger partial charge in [0.2, 0.25) is 27.6 Å². The Morgan fingerprint density at radius 1 is 1.03 bits per heavy atom. The zero-order chi connectivity index (χ0) is 24.2. The van der Waals surface area contributed by atoms with E-state index in [1.807, 2.05) is 34.6 Å². The smallest absolute Gasteiger partial charge is 0.241 e. The highest BCUT2D eigenvalue weighted by molar-refractivity contribution is 7.93. The molecule has 0 radical (unpaired) electrons. The van der Waals surface area contributed by atoms with Crippen LogP contribution in [0.3, 0.4) is 0 Å². The zero-order valence-corrected chi connectivity index (χ0v) is 20.1. The number of aromatic nitrogens is 2. The van der Waals surface area contributed by atoms with Crippen molar-refractivity contribution < 1.29 is 22.5 Å². The highest BCUT2D eigenvalue weighted by Gasteiger charge is 2.22. The van der Waals surface area contributed by atoms with Gasteiger partial charge in [0.25, 0.3) is 0 Å². The van der Waals surface area contributed by atoms with Gasteiger partial charge in [-0.05, 0) is 62.4 Å². The predicted molar refractivity (Wildman–Crippen MR) is 127 cm³/mol. The molecule has 0 fully saturated rings. The topological polar surface area (TPSA) is 123 Å². The molecule has 10 heteroatoms. The lowest BCUT2D eigenvalue weighted by Gasteiger charge is -2.11. The van der Waals surface area contributed by atoms with Crippen molar-refractivity contribution >= 4 is 27.3 Å². The molecule has 0 atom stereocenters. The number of carbonyl (C=O) groups excluding carboxylic acids is 1. The zero-order valence-electron chi connectivity index (χ0n) is 19.2. The van der Waals surface area contributed by atoms with Crippen LogP contribution in [0.2, 0.25) is 0 Å². The molecule has 0 aliphatic rings. The highest BCUT2D eigenvalue weighted by atomic mass is 32.2. The fraction of sp³-hybridized carbons (Fsp3) is 0.348. The number of rotatable bonds is 8. The van der Waals surface area contributed by atoms with Crippen LogP contribution in [-0.4, -0.2) is 36.3 Å². The third-order valence-corrected chi connectivity index (χ3v) is 5.50. The van der Waals surface area contributed by atoms with E-state index in [0.717, 1.165) is 0 Å². The fourth-order valence-corrected chi connectivity index (χ4v) is 3.79. The van der Waals surface area contributed by atoms with Gasteiger partial charge in [0, 0.05) is 22.4 Å². The number of hydrogen-bond donors (Lipinski definition) is 2. The van der Waals surface area contributed by atoms with Gasteiger partial charge in [-0.3, -0.25) is 9.52 Å². The maximum atomic E-state index is 12.4. The number of carbonyl (C=O) groups is 1. The van der Waals surface area contributed by atoms with Crippen molar-refractivity contribution in [3.63, 3.8) is 0 Å². The SMILES string of the molecule is CC(C)Oc1ccc(NS(=O)(=O)CC(=O)Nc2ccc(-c3noc(C(C)(C)C)n3)cc2)cc1. The second kappa shape index (κ2) is 9.62. The number of nitrogens with one attached hydrogen (secondary N) is 2. The molecule has 3 rings (SSSR count). The van der Waals surface area contributed by atoms with Crippen molar-refractivity contribution in [3.05, 3.63) is 54.4 Å². The monoisotopic (exact) mass is 472 g/mol. The molecule has 0 unspecified atom stereocenters. The lowest BCUT2D eigenvalue weighted by Crippen LogP contribution is -2.27. The van der Waals surface area contributed by atoms with Crippen LogP contribution in [0.5, 0.6) is 5.75 Å². The van der Waals surface area contributed by atoms with E-state index in [1.165, 1.54) is 0 Å². The molecule has 1 heterocycles. The maximum absolute atomic E-state index is 12.4. The van der Waals surface area contributed by atoms with Gasteiger partial charge >= 0.3 is 0 Å². The summed E-state index contributed by atoms with van der Waals surface area (Å²) in [5.74, 6) is 0.205. The average molecular weight is 473 g/mol. The van der Waals surface area contributed by atoms with Crippen molar-refractivity contribution in [1.82, 2.24) is 10.1 Å². The molecule has 0 bridgehead atoms. The summed E-state index contributed by atoms with van der Waals surface area (Å²) in [7, 11) is -3.89. The summed E-state index contributed by atoms with van der Waals surface area (Å²) in [4.78, 5) is 16.7. The minimum atomic E-state index is -3.89. The minimum Gasteiger partial charge on any atom is -0.491 e. The van der Waals surface area contributed by atoms with Crippen LogP contribution in [0.15, 0.2) is 53.1 Å². The summed E-state index contributed by atoms with van der Waals surface area (Å²) in [6.07, 6.45) is 0.0125. The Hall–Kier alpha value is -3.40. The van der Waals surface area contributed by atoms with Gasteiger partial charge in [-0.2, -0.15) is 4.98 Å². The first-order chi connectivity index (χ1) is 15.4. The molecule has 9 nitrogen and oxygen atoms in total. The summed E-state index contributed by atoms with van der Waals surface area (Å²) >= 11 is 0. The molecule has 3 aromatic rings. The molecule has 0 saturated heterocycles. The Bertz CT molecular complexity index is 1190. The van der Waals surface area contributed by atoms with Crippen LogP contribution < -0.4 is 14.8 Å². The summed E-state index contributed by atoms with van der Waals surface area (Å²) in [6, 6.07) is 13.2. The molecule has 176 valence electrons. The van der Waals surface area contributed by atoms with E-state index in [9.17, 15) is 13.2 Å². The Morgan fingerprint density at radius 2 is 1.64 bits per heavy atom. The normalized spacial score (nSPS) is 11.9. The third kappa shape index (κ3) is 7.04. The molecule has 2 aromatic carbocycles. The van der Waals surface area contributed by atoms with Crippen LogP contribution in [0.4, 0.5) is 11.4 Å². The van der Waals surface area contributed by atoms with Crippen molar-refractivity contribution in [2.75, 3.05) is 15.8 Å². The van der Waals surface area contributed by atoms with E-state index in [4.69, 9.17) is 9.26 Å². The van der Waals surface area contributed by atoms with Crippen LogP contribution in [-0.2, 0) is 20.2 Å². The first-order valence-electron chi connectivity index (χ1n) is 10.4. The Labute approximate surface area is 193 Å². The molecule has 33 heavy (non-hydrogen) atoms. The van der Waals surface area contributed by atoms with E-state index in [-0.39, 0.29) is 11.5 Å². The molecular weight excluding hydrogens is 444 g/mol. The molecule has 0 aliphatic heterocycles. The molecule has 2 N–H and O–H groups in total. The van der Waals surface area contributed by atoms with Gasteiger partial charge in [-0.1, -0.05) is 25.9 Å². The standard InChI is InChI=1S/C23H28N4O5S/c1-15(2)31-19-12-10-18(11-13-19)27-33(29,30)14-20(28)24-17-8-6-16(7-9-17)21-25-22(32-26-21)23(3,4)5/h6-13,15,27H,14H2,1-5H3,(H,24,28). The minimum absolute atomic E-state index is 0.0125. The van der Waals surface area contributed by atoms with E-state index in [2.05, 4.69) is 20.2 Å². The van der Waals surface area contributed by atoms with E-state index >= 15 is 0 Å². The first-order valence-corrected chi connectivity index (χ1v) is 12.1. The van der Waals surface area contributed by atoms with Gasteiger partial charge in [0.1, 0.15) is 11.5 Å². The van der Waals surface area contributed by atoms with Crippen LogP contribution >= 0.6 is 0 Å². The van der Waals surface area contributed by atoms with Crippen molar-refractivity contribution in [3.8, 4) is 17.1 Å².